The van der Waals surface area contributed by atoms with E-state index in [1.165, 1.54) is 7.11 Å². The van der Waals surface area contributed by atoms with Crippen LogP contribution in [0.1, 0.15) is 31.2 Å². The molecule has 0 aromatic heterocycles. The van der Waals surface area contributed by atoms with E-state index >= 15 is 0 Å². The summed E-state index contributed by atoms with van der Waals surface area (Å²) in [6.45, 7) is 2.08. The van der Waals surface area contributed by atoms with Gasteiger partial charge in [-0.15, -0.1) is 0 Å². The van der Waals surface area contributed by atoms with Gasteiger partial charge in [0.25, 0.3) is 0 Å². The largest absolute Gasteiger partial charge is 0.496 e. The Kier molecular flexibility index (Phi) is 4.83. The summed E-state index contributed by atoms with van der Waals surface area (Å²) in [7, 11) is 3.07. The highest BCUT2D eigenvalue weighted by molar-refractivity contribution is 5.69. The number of esters is 1. The third kappa shape index (κ3) is 3.26. The standard InChI is InChI=1S/C13H18O3/c1-10(8-9-13(14)16-3)11-6-4-5-7-12(11)15-2/h4-7,10H,8-9H2,1-3H3/t10-/m1/s1. The zero-order valence-corrected chi connectivity index (χ0v) is 10.0. The Morgan fingerprint density at radius 2 is 2.00 bits per heavy atom. The number of ether oxygens (including phenoxy) is 2. The molecule has 0 bridgehead atoms. The van der Waals surface area contributed by atoms with Gasteiger partial charge in [-0.25, -0.2) is 0 Å². The van der Waals surface area contributed by atoms with Crippen LogP contribution >= 0.6 is 0 Å². The van der Waals surface area contributed by atoms with Crippen LogP contribution in [0.5, 0.6) is 5.75 Å². The van der Waals surface area contributed by atoms with Crippen molar-refractivity contribution in [2.75, 3.05) is 14.2 Å². The molecule has 3 nitrogen and oxygen atoms in total. The van der Waals surface area contributed by atoms with Crippen molar-refractivity contribution in [1.29, 1.82) is 0 Å². The molecule has 16 heavy (non-hydrogen) atoms. The highest BCUT2D eigenvalue weighted by Crippen LogP contribution is 2.29. The molecule has 0 heterocycles. The fourth-order valence-electron chi connectivity index (χ4n) is 1.67. The molecular formula is C13H18O3. The molecule has 88 valence electrons. The lowest BCUT2D eigenvalue weighted by molar-refractivity contribution is -0.140. The quantitative estimate of drug-likeness (QED) is 0.719. The first kappa shape index (κ1) is 12.6. The minimum Gasteiger partial charge on any atom is -0.496 e. The molecule has 3 heteroatoms. The Morgan fingerprint density at radius 3 is 2.62 bits per heavy atom. The van der Waals surface area contributed by atoms with Gasteiger partial charge < -0.3 is 9.47 Å². The van der Waals surface area contributed by atoms with E-state index in [0.29, 0.717) is 6.42 Å². The Hall–Kier alpha value is -1.51. The third-order valence-electron chi connectivity index (χ3n) is 2.68. The summed E-state index contributed by atoms with van der Waals surface area (Å²) < 4.78 is 9.91. The predicted octanol–water partition coefficient (Wildman–Crippen LogP) is 2.75. The SMILES string of the molecule is COC(=O)CC[C@@H](C)c1ccccc1OC. The van der Waals surface area contributed by atoms with Crippen molar-refractivity contribution in [2.45, 2.75) is 25.7 Å². The van der Waals surface area contributed by atoms with Crippen LogP contribution in [-0.4, -0.2) is 20.2 Å². The molecule has 0 saturated heterocycles. The molecule has 0 amide bonds. The maximum Gasteiger partial charge on any atom is 0.305 e. The van der Waals surface area contributed by atoms with Crippen LogP contribution in [0.4, 0.5) is 0 Å². The van der Waals surface area contributed by atoms with Gasteiger partial charge in [0.05, 0.1) is 14.2 Å². The highest BCUT2D eigenvalue weighted by atomic mass is 16.5. The summed E-state index contributed by atoms with van der Waals surface area (Å²) in [6, 6.07) is 7.88. The number of carbonyl (C=O) groups is 1. The summed E-state index contributed by atoms with van der Waals surface area (Å²) in [6.07, 6.45) is 1.21. The summed E-state index contributed by atoms with van der Waals surface area (Å²) in [5.74, 6) is 0.997. The van der Waals surface area contributed by atoms with Gasteiger partial charge in [0.15, 0.2) is 0 Å². The highest BCUT2D eigenvalue weighted by Gasteiger charge is 2.12. The van der Waals surface area contributed by atoms with Crippen LogP contribution < -0.4 is 4.74 Å². The summed E-state index contributed by atoms with van der Waals surface area (Å²) in [4.78, 5) is 11.0. The van der Waals surface area contributed by atoms with Gasteiger partial charge >= 0.3 is 5.97 Å². The second-order valence-corrected chi connectivity index (χ2v) is 3.76. The lowest BCUT2D eigenvalue weighted by Gasteiger charge is -2.14. The summed E-state index contributed by atoms with van der Waals surface area (Å²) in [5, 5.41) is 0. The first-order valence-electron chi connectivity index (χ1n) is 5.38. The normalized spacial score (nSPS) is 11.9. The fourth-order valence-corrected chi connectivity index (χ4v) is 1.67. The minimum absolute atomic E-state index is 0.165. The van der Waals surface area contributed by atoms with Crippen LogP contribution in [0.3, 0.4) is 0 Å². The smallest absolute Gasteiger partial charge is 0.305 e. The Morgan fingerprint density at radius 1 is 1.31 bits per heavy atom. The Balaban J connectivity index is 2.65. The molecular weight excluding hydrogens is 204 g/mol. The van der Waals surface area contributed by atoms with Crippen molar-refractivity contribution in [3.63, 3.8) is 0 Å². The molecule has 1 aromatic rings. The fraction of sp³-hybridized carbons (Fsp3) is 0.462. The molecule has 0 radical (unpaired) electrons. The van der Waals surface area contributed by atoms with Gasteiger partial charge in [0, 0.05) is 6.42 Å². The molecule has 0 unspecified atom stereocenters. The number of hydrogen-bond acceptors (Lipinski definition) is 3. The van der Waals surface area contributed by atoms with Gasteiger partial charge in [0.1, 0.15) is 5.75 Å². The second kappa shape index (κ2) is 6.16. The van der Waals surface area contributed by atoms with E-state index in [2.05, 4.69) is 11.7 Å². The van der Waals surface area contributed by atoms with Gasteiger partial charge in [0.2, 0.25) is 0 Å². The minimum atomic E-state index is -0.165. The Bertz CT molecular complexity index is 347. The Labute approximate surface area is 96.4 Å². The summed E-state index contributed by atoms with van der Waals surface area (Å²) in [5.41, 5.74) is 1.13. The predicted molar refractivity (Wildman–Crippen MR) is 62.7 cm³/mol. The van der Waals surface area contributed by atoms with E-state index in [4.69, 9.17) is 4.74 Å². The van der Waals surface area contributed by atoms with E-state index in [1.807, 2.05) is 24.3 Å². The molecule has 0 spiro atoms. The van der Waals surface area contributed by atoms with Gasteiger partial charge in [-0.1, -0.05) is 25.1 Å². The first-order valence-corrected chi connectivity index (χ1v) is 5.38. The zero-order chi connectivity index (χ0) is 12.0. The van der Waals surface area contributed by atoms with Crippen molar-refractivity contribution in [1.82, 2.24) is 0 Å². The lowest BCUT2D eigenvalue weighted by atomic mass is 9.95. The molecule has 1 atom stereocenters. The van der Waals surface area contributed by atoms with E-state index in [1.54, 1.807) is 7.11 Å². The van der Waals surface area contributed by atoms with Crippen molar-refractivity contribution in [2.24, 2.45) is 0 Å². The number of hydrogen-bond donors (Lipinski definition) is 0. The topological polar surface area (TPSA) is 35.5 Å². The lowest BCUT2D eigenvalue weighted by Crippen LogP contribution is -2.04. The third-order valence-corrected chi connectivity index (χ3v) is 2.68. The van der Waals surface area contributed by atoms with Gasteiger partial charge in [-0.2, -0.15) is 0 Å². The van der Waals surface area contributed by atoms with Crippen molar-refractivity contribution in [3.8, 4) is 5.75 Å². The van der Waals surface area contributed by atoms with Gasteiger partial charge in [-0.3, -0.25) is 4.79 Å². The van der Waals surface area contributed by atoms with Crippen molar-refractivity contribution >= 4 is 5.97 Å². The summed E-state index contributed by atoms with van der Waals surface area (Å²) >= 11 is 0. The maximum atomic E-state index is 11.0. The maximum absolute atomic E-state index is 11.0. The molecule has 0 aliphatic carbocycles. The van der Waals surface area contributed by atoms with E-state index in [-0.39, 0.29) is 11.9 Å². The van der Waals surface area contributed by atoms with Gasteiger partial charge in [-0.05, 0) is 24.0 Å². The van der Waals surface area contributed by atoms with E-state index < -0.39 is 0 Å². The van der Waals surface area contributed by atoms with Crippen LogP contribution in [-0.2, 0) is 9.53 Å². The van der Waals surface area contributed by atoms with Crippen LogP contribution in [0, 0.1) is 0 Å². The van der Waals surface area contributed by atoms with Crippen LogP contribution in [0.15, 0.2) is 24.3 Å². The van der Waals surface area contributed by atoms with E-state index in [0.717, 1.165) is 17.7 Å². The number of rotatable bonds is 5. The number of benzene rings is 1. The molecule has 0 saturated carbocycles. The number of methoxy groups -OCH3 is 2. The molecule has 0 fully saturated rings. The molecule has 0 aliphatic rings. The van der Waals surface area contributed by atoms with E-state index in [9.17, 15) is 4.79 Å². The van der Waals surface area contributed by atoms with Crippen LogP contribution in [0.2, 0.25) is 0 Å². The first-order chi connectivity index (χ1) is 7.69. The van der Waals surface area contributed by atoms with Crippen molar-refractivity contribution < 1.29 is 14.3 Å². The molecule has 0 aliphatic heterocycles. The molecule has 0 N–H and O–H groups in total. The zero-order valence-electron chi connectivity index (χ0n) is 10.0. The average Bonchev–Trinajstić information content (AvgIpc) is 2.35. The molecule has 1 rings (SSSR count). The number of carbonyl (C=O) groups excluding carboxylic acids is 1. The van der Waals surface area contributed by atoms with Crippen LogP contribution in [0.25, 0.3) is 0 Å². The van der Waals surface area contributed by atoms with Crippen molar-refractivity contribution in [3.05, 3.63) is 29.8 Å². The number of para-hydroxylation sites is 1. The second-order valence-electron chi connectivity index (χ2n) is 3.76. The average molecular weight is 222 g/mol. The molecule has 1 aromatic carbocycles. The monoisotopic (exact) mass is 222 g/mol.